The maximum Gasteiger partial charge on any atom is 0.120 e. The molecule has 0 bridgehead atoms. The van der Waals surface area contributed by atoms with Gasteiger partial charge in [0.1, 0.15) is 5.75 Å². The number of anilines is 2. The summed E-state index contributed by atoms with van der Waals surface area (Å²) in [5.41, 5.74) is 2.80. The summed E-state index contributed by atoms with van der Waals surface area (Å²) in [6.45, 7) is 0.520. The average molecular weight is 356 g/mol. The zero-order valence-electron chi connectivity index (χ0n) is 11.3. The third kappa shape index (κ3) is 3.58. The van der Waals surface area contributed by atoms with Crippen LogP contribution in [0.25, 0.3) is 0 Å². The molecule has 0 heterocycles. The van der Waals surface area contributed by atoms with E-state index in [1.54, 1.807) is 6.07 Å². The summed E-state index contributed by atoms with van der Waals surface area (Å²) in [6, 6.07) is 11.1. The minimum atomic E-state index is 0.272. The van der Waals surface area contributed by atoms with Crippen LogP contribution in [0, 0.1) is 0 Å². The van der Waals surface area contributed by atoms with Crippen molar-refractivity contribution < 1.29 is 5.11 Å². The standard InChI is InChI=1S/C15H16BrClN2O/c1-19(2)14-5-4-12(17)8-13(14)18-9-10-7-11(16)3-6-15(10)20/h3-8,18,20H,9H2,1-2H3. The highest BCUT2D eigenvalue weighted by Crippen LogP contribution is 2.29. The van der Waals surface area contributed by atoms with Crippen molar-refractivity contribution in [3.05, 3.63) is 51.5 Å². The van der Waals surface area contributed by atoms with Crippen molar-refractivity contribution in [3.63, 3.8) is 0 Å². The number of halogens is 2. The molecule has 0 aliphatic heterocycles. The van der Waals surface area contributed by atoms with Crippen molar-refractivity contribution in [3.8, 4) is 5.75 Å². The molecule has 0 aliphatic carbocycles. The Bertz CT molecular complexity index is 617. The number of benzene rings is 2. The molecular formula is C15H16BrClN2O. The Morgan fingerprint density at radius 3 is 2.65 bits per heavy atom. The van der Waals surface area contributed by atoms with Crippen molar-refractivity contribution >= 4 is 38.9 Å². The highest BCUT2D eigenvalue weighted by atomic mass is 79.9. The number of rotatable bonds is 4. The normalized spacial score (nSPS) is 10.4. The molecule has 2 aromatic rings. The van der Waals surface area contributed by atoms with Crippen molar-refractivity contribution in [2.24, 2.45) is 0 Å². The zero-order chi connectivity index (χ0) is 14.7. The number of phenolic OH excluding ortho intramolecular Hbond substituents is 1. The second kappa shape index (κ2) is 6.37. The van der Waals surface area contributed by atoms with Crippen molar-refractivity contribution in [1.82, 2.24) is 0 Å². The van der Waals surface area contributed by atoms with Gasteiger partial charge in [-0.25, -0.2) is 0 Å². The molecule has 0 radical (unpaired) electrons. The molecule has 0 aromatic heterocycles. The minimum Gasteiger partial charge on any atom is -0.508 e. The van der Waals surface area contributed by atoms with E-state index in [-0.39, 0.29) is 5.75 Å². The van der Waals surface area contributed by atoms with E-state index in [1.807, 2.05) is 49.3 Å². The number of phenols is 1. The smallest absolute Gasteiger partial charge is 0.120 e. The van der Waals surface area contributed by atoms with Crippen LogP contribution in [0.5, 0.6) is 5.75 Å². The van der Waals surface area contributed by atoms with Gasteiger partial charge in [0.2, 0.25) is 0 Å². The van der Waals surface area contributed by atoms with Crippen molar-refractivity contribution in [1.29, 1.82) is 0 Å². The molecule has 2 N–H and O–H groups in total. The molecule has 2 aromatic carbocycles. The molecule has 0 atom stereocenters. The van der Waals surface area contributed by atoms with Crippen molar-refractivity contribution in [2.75, 3.05) is 24.3 Å². The Hall–Kier alpha value is -1.39. The first-order chi connectivity index (χ1) is 9.47. The number of aromatic hydroxyl groups is 1. The molecule has 0 saturated heterocycles. The third-order valence-corrected chi connectivity index (χ3v) is 3.68. The Balaban J connectivity index is 2.22. The summed E-state index contributed by atoms with van der Waals surface area (Å²) in [4.78, 5) is 2.01. The topological polar surface area (TPSA) is 35.5 Å². The van der Waals surface area contributed by atoms with Crippen LogP contribution >= 0.6 is 27.5 Å². The van der Waals surface area contributed by atoms with E-state index in [0.29, 0.717) is 11.6 Å². The molecule has 2 rings (SSSR count). The fraction of sp³-hybridized carbons (Fsp3) is 0.200. The zero-order valence-corrected chi connectivity index (χ0v) is 13.7. The van der Waals surface area contributed by atoms with Crippen LogP contribution in [0.4, 0.5) is 11.4 Å². The highest BCUT2D eigenvalue weighted by molar-refractivity contribution is 9.10. The first-order valence-electron chi connectivity index (χ1n) is 6.15. The lowest BCUT2D eigenvalue weighted by Crippen LogP contribution is -2.12. The van der Waals surface area contributed by atoms with Crippen LogP contribution in [0.3, 0.4) is 0 Å². The number of hydrogen-bond donors (Lipinski definition) is 2. The van der Waals surface area contributed by atoms with E-state index in [4.69, 9.17) is 11.6 Å². The van der Waals surface area contributed by atoms with Gasteiger partial charge in [0.25, 0.3) is 0 Å². The first kappa shape index (κ1) is 15.0. The predicted molar refractivity (Wildman–Crippen MR) is 88.9 cm³/mol. The van der Waals surface area contributed by atoms with Crippen LogP contribution in [0.1, 0.15) is 5.56 Å². The summed E-state index contributed by atoms with van der Waals surface area (Å²) < 4.78 is 0.936. The van der Waals surface area contributed by atoms with Gasteiger partial charge in [0.15, 0.2) is 0 Å². The largest absolute Gasteiger partial charge is 0.508 e. The van der Waals surface area contributed by atoms with E-state index in [0.717, 1.165) is 21.4 Å². The lowest BCUT2D eigenvalue weighted by atomic mass is 10.2. The Kier molecular flexibility index (Phi) is 4.78. The summed E-state index contributed by atoms with van der Waals surface area (Å²) in [6.07, 6.45) is 0. The summed E-state index contributed by atoms with van der Waals surface area (Å²) >= 11 is 9.45. The number of nitrogens with one attached hydrogen (secondary N) is 1. The molecule has 0 unspecified atom stereocenters. The maximum atomic E-state index is 9.85. The van der Waals surface area contributed by atoms with E-state index in [9.17, 15) is 5.11 Å². The van der Waals surface area contributed by atoms with Gasteiger partial charge in [0.05, 0.1) is 11.4 Å². The summed E-state index contributed by atoms with van der Waals surface area (Å²) in [5, 5.41) is 13.8. The molecular weight excluding hydrogens is 340 g/mol. The second-order valence-corrected chi connectivity index (χ2v) is 6.03. The van der Waals surface area contributed by atoms with Crippen LogP contribution in [-0.4, -0.2) is 19.2 Å². The monoisotopic (exact) mass is 354 g/mol. The van der Waals surface area contributed by atoms with Gasteiger partial charge in [-0.3, -0.25) is 0 Å². The van der Waals surface area contributed by atoms with Crippen LogP contribution in [0.15, 0.2) is 40.9 Å². The van der Waals surface area contributed by atoms with Gasteiger partial charge >= 0.3 is 0 Å². The van der Waals surface area contributed by atoms with Crippen molar-refractivity contribution in [2.45, 2.75) is 6.54 Å². The predicted octanol–water partition coefficient (Wildman–Crippen LogP) is 4.49. The number of hydrogen-bond acceptors (Lipinski definition) is 3. The van der Waals surface area contributed by atoms with E-state index >= 15 is 0 Å². The molecule has 0 spiro atoms. The SMILES string of the molecule is CN(C)c1ccc(Cl)cc1NCc1cc(Br)ccc1O. The highest BCUT2D eigenvalue weighted by Gasteiger charge is 2.07. The average Bonchev–Trinajstić information content (AvgIpc) is 2.39. The maximum absolute atomic E-state index is 9.85. The number of nitrogens with zero attached hydrogens (tertiary/aromatic N) is 1. The summed E-state index contributed by atoms with van der Waals surface area (Å²) in [5.74, 6) is 0.272. The molecule has 20 heavy (non-hydrogen) atoms. The lowest BCUT2D eigenvalue weighted by molar-refractivity contribution is 0.469. The van der Waals surface area contributed by atoms with Gasteiger partial charge in [-0.05, 0) is 36.4 Å². The molecule has 5 heteroatoms. The third-order valence-electron chi connectivity index (χ3n) is 2.95. The van der Waals surface area contributed by atoms with Crippen LogP contribution in [0.2, 0.25) is 5.02 Å². The molecule has 106 valence electrons. The lowest BCUT2D eigenvalue weighted by Gasteiger charge is -2.19. The van der Waals surface area contributed by atoms with E-state index in [1.165, 1.54) is 0 Å². The molecule has 0 amide bonds. The fourth-order valence-corrected chi connectivity index (χ4v) is 2.51. The van der Waals surface area contributed by atoms with Crippen LogP contribution < -0.4 is 10.2 Å². The molecule has 3 nitrogen and oxygen atoms in total. The van der Waals surface area contributed by atoms with E-state index in [2.05, 4.69) is 21.2 Å². The Morgan fingerprint density at radius 1 is 1.20 bits per heavy atom. The van der Waals surface area contributed by atoms with E-state index < -0.39 is 0 Å². The Morgan fingerprint density at radius 2 is 1.95 bits per heavy atom. The first-order valence-corrected chi connectivity index (χ1v) is 7.32. The van der Waals surface area contributed by atoms with Gasteiger partial charge in [-0.1, -0.05) is 27.5 Å². The molecule has 0 saturated carbocycles. The second-order valence-electron chi connectivity index (χ2n) is 4.68. The molecule has 0 fully saturated rings. The van der Waals surface area contributed by atoms with Gasteiger partial charge < -0.3 is 15.3 Å². The van der Waals surface area contributed by atoms with Crippen LogP contribution in [-0.2, 0) is 6.54 Å². The summed E-state index contributed by atoms with van der Waals surface area (Å²) in [7, 11) is 3.95. The van der Waals surface area contributed by atoms with Gasteiger partial charge in [-0.2, -0.15) is 0 Å². The van der Waals surface area contributed by atoms with Gasteiger partial charge in [0, 0.05) is 35.7 Å². The quantitative estimate of drug-likeness (QED) is 0.848. The minimum absolute atomic E-state index is 0.272. The molecule has 0 aliphatic rings. The Labute approximate surface area is 132 Å². The fourth-order valence-electron chi connectivity index (χ4n) is 1.93. The van der Waals surface area contributed by atoms with Gasteiger partial charge in [-0.15, -0.1) is 0 Å².